The van der Waals surface area contributed by atoms with Crippen LogP contribution < -0.4 is 10.1 Å². The number of nitrogens with one attached hydrogen (secondary N) is 1. The molecule has 1 N–H and O–H groups in total. The maximum Gasteiger partial charge on any atom is 0.121 e. The Morgan fingerprint density at radius 3 is 2.43 bits per heavy atom. The molecule has 1 fully saturated rings. The van der Waals surface area contributed by atoms with Crippen LogP contribution in [-0.4, -0.2) is 19.2 Å². The Kier molecular flexibility index (Phi) is 5.95. The Morgan fingerprint density at radius 1 is 1.19 bits per heavy atom. The molecule has 1 saturated carbocycles. The van der Waals surface area contributed by atoms with Gasteiger partial charge in [-0.05, 0) is 69.2 Å². The van der Waals surface area contributed by atoms with Crippen LogP contribution in [0.1, 0.15) is 40.0 Å². The fourth-order valence-electron chi connectivity index (χ4n) is 3.98. The lowest BCUT2D eigenvalue weighted by Gasteiger charge is -2.38. The minimum absolute atomic E-state index is 0.135. The molecule has 2 nitrogen and oxygen atoms in total. The molecule has 1 aliphatic carbocycles. The van der Waals surface area contributed by atoms with Crippen molar-refractivity contribution in [1.82, 2.24) is 5.32 Å². The molecule has 2 rings (SSSR count). The van der Waals surface area contributed by atoms with E-state index in [0.29, 0.717) is 12.0 Å². The van der Waals surface area contributed by atoms with Crippen LogP contribution in [0.2, 0.25) is 5.02 Å². The lowest BCUT2D eigenvalue weighted by atomic mass is 9.73. The highest BCUT2D eigenvalue weighted by Crippen LogP contribution is 2.36. The predicted molar refractivity (Wildman–Crippen MR) is 90.1 cm³/mol. The van der Waals surface area contributed by atoms with Gasteiger partial charge in [-0.1, -0.05) is 31.5 Å². The first-order valence-electron chi connectivity index (χ1n) is 8.09. The van der Waals surface area contributed by atoms with Gasteiger partial charge >= 0.3 is 0 Å². The Labute approximate surface area is 134 Å². The minimum atomic E-state index is 0.135. The van der Waals surface area contributed by atoms with Crippen molar-refractivity contribution in [3.8, 4) is 5.75 Å². The second-order valence-corrected chi connectivity index (χ2v) is 7.21. The summed E-state index contributed by atoms with van der Waals surface area (Å²) in [5, 5.41) is 4.21. The third kappa shape index (κ3) is 4.62. The summed E-state index contributed by atoms with van der Waals surface area (Å²) >= 11 is 6.03. The molecule has 0 aliphatic heterocycles. The fraction of sp³-hybridized carbons (Fsp3) is 0.667. The molecule has 0 amide bonds. The minimum Gasteiger partial charge on any atom is -0.489 e. The topological polar surface area (TPSA) is 21.3 Å². The largest absolute Gasteiger partial charge is 0.489 e. The molecule has 0 spiro atoms. The molecule has 118 valence electrons. The molecular weight excluding hydrogens is 282 g/mol. The van der Waals surface area contributed by atoms with Gasteiger partial charge in [0.1, 0.15) is 11.9 Å². The van der Waals surface area contributed by atoms with Crippen LogP contribution >= 0.6 is 11.6 Å². The SMILES string of the molecule is CNC(C1CC(C)CC(C)C1)C(C)Oc1cccc(Cl)c1. The highest BCUT2D eigenvalue weighted by atomic mass is 35.5. The zero-order chi connectivity index (χ0) is 15.4. The van der Waals surface area contributed by atoms with E-state index in [1.54, 1.807) is 0 Å². The van der Waals surface area contributed by atoms with Crippen molar-refractivity contribution in [2.24, 2.45) is 17.8 Å². The van der Waals surface area contributed by atoms with Crippen LogP contribution in [0.25, 0.3) is 0 Å². The van der Waals surface area contributed by atoms with E-state index in [9.17, 15) is 0 Å². The number of hydrogen-bond donors (Lipinski definition) is 1. The van der Waals surface area contributed by atoms with Crippen molar-refractivity contribution in [1.29, 1.82) is 0 Å². The zero-order valence-electron chi connectivity index (χ0n) is 13.6. The average Bonchev–Trinajstić information content (AvgIpc) is 2.38. The molecule has 1 aliphatic rings. The number of rotatable bonds is 5. The van der Waals surface area contributed by atoms with Crippen molar-refractivity contribution in [3.63, 3.8) is 0 Å². The normalized spacial score (nSPS) is 28.9. The van der Waals surface area contributed by atoms with Gasteiger partial charge in [-0.2, -0.15) is 0 Å². The second kappa shape index (κ2) is 7.51. The fourth-order valence-corrected chi connectivity index (χ4v) is 4.16. The Hall–Kier alpha value is -0.730. The molecule has 4 atom stereocenters. The molecular formula is C18H28ClNO. The van der Waals surface area contributed by atoms with Crippen LogP contribution in [0.3, 0.4) is 0 Å². The Balaban J connectivity index is 2.02. The van der Waals surface area contributed by atoms with Gasteiger partial charge in [-0.15, -0.1) is 0 Å². The van der Waals surface area contributed by atoms with Crippen molar-refractivity contribution >= 4 is 11.6 Å². The number of likely N-dealkylation sites (N-methyl/N-ethyl adjacent to an activating group) is 1. The van der Waals surface area contributed by atoms with Crippen LogP contribution in [0.5, 0.6) is 5.75 Å². The van der Waals surface area contributed by atoms with Gasteiger partial charge in [-0.3, -0.25) is 0 Å². The Bertz CT molecular complexity index is 441. The van der Waals surface area contributed by atoms with Crippen LogP contribution in [-0.2, 0) is 0 Å². The van der Waals surface area contributed by atoms with E-state index in [2.05, 4.69) is 26.1 Å². The summed E-state index contributed by atoms with van der Waals surface area (Å²) in [6.45, 7) is 6.90. The van der Waals surface area contributed by atoms with Gasteiger partial charge in [0.15, 0.2) is 0 Å². The summed E-state index contributed by atoms with van der Waals surface area (Å²) in [5.74, 6) is 3.16. The third-order valence-corrected chi connectivity index (χ3v) is 4.92. The number of hydrogen-bond acceptors (Lipinski definition) is 2. The lowest BCUT2D eigenvalue weighted by molar-refractivity contribution is 0.0952. The molecule has 1 aromatic rings. The highest BCUT2D eigenvalue weighted by molar-refractivity contribution is 6.30. The molecule has 3 heteroatoms. The first-order valence-corrected chi connectivity index (χ1v) is 8.47. The predicted octanol–water partition coefficient (Wildman–Crippen LogP) is 4.77. The summed E-state index contributed by atoms with van der Waals surface area (Å²) < 4.78 is 6.12. The molecule has 0 saturated heterocycles. The standard InChI is InChI=1S/C18H28ClNO/c1-12-8-13(2)10-15(9-12)18(20-4)14(3)21-17-7-5-6-16(19)11-17/h5-7,11-15,18,20H,8-10H2,1-4H3. The second-order valence-electron chi connectivity index (χ2n) is 6.77. The molecule has 0 radical (unpaired) electrons. The first kappa shape index (κ1) is 16.6. The van der Waals surface area contributed by atoms with Crippen molar-refractivity contribution < 1.29 is 4.74 Å². The number of benzene rings is 1. The van der Waals surface area contributed by atoms with Crippen molar-refractivity contribution in [2.45, 2.75) is 52.2 Å². The number of halogens is 1. The average molecular weight is 310 g/mol. The molecule has 21 heavy (non-hydrogen) atoms. The van der Waals surface area contributed by atoms with E-state index in [1.165, 1.54) is 19.3 Å². The van der Waals surface area contributed by atoms with E-state index in [-0.39, 0.29) is 6.10 Å². The van der Waals surface area contributed by atoms with Gasteiger partial charge in [0.25, 0.3) is 0 Å². The summed E-state index contributed by atoms with van der Waals surface area (Å²) in [6, 6.07) is 8.05. The van der Waals surface area contributed by atoms with Crippen molar-refractivity contribution in [2.75, 3.05) is 7.05 Å². The van der Waals surface area contributed by atoms with E-state index in [1.807, 2.05) is 31.3 Å². The zero-order valence-corrected chi connectivity index (χ0v) is 14.4. The summed E-state index contributed by atoms with van der Waals surface area (Å²) in [4.78, 5) is 0. The first-order chi connectivity index (χ1) is 9.99. The summed E-state index contributed by atoms with van der Waals surface area (Å²) in [7, 11) is 2.05. The Morgan fingerprint density at radius 2 is 1.86 bits per heavy atom. The molecule has 1 aromatic carbocycles. The molecule has 0 bridgehead atoms. The molecule has 0 heterocycles. The van der Waals surface area contributed by atoms with Crippen molar-refractivity contribution in [3.05, 3.63) is 29.3 Å². The highest BCUT2D eigenvalue weighted by Gasteiger charge is 2.33. The smallest absolute Gasteiger partial charge is 0.121 e. The lowest BCUT2D eigenvalue weighted by Crippen LogP contribution is -2.47. The number of ether oxygens (including phenoxy) is 1. The van der Waals surface area contributed by atoms with E-state index in [0.717, 1.165) is 22.6 Å². The molecule has 4 unspecified atom stereocenters. The van der Waals surface area contributed by atoms with E-state index in [4.69, 9.17) is 16.3 Å². The maximum absolute atomic E-state index is 6.12. The quantitative estimate of drug-likeness (QED) is 0.846. The van der Waals surface area contributed by atoms with Crippen LogP contribution in [0.4, 0.5) is 0 Å². The van der Waals surface area contributed by atoms with Gasteiger partial charge in [0.2, 0.25) is 0 Å². The molecule has 0 aromatic heterocycles. The van der Waals surface area contributed by atoms with Gasteiger partial charge in [-0.25, -0.2) is 0 Å². The summed E-state index contributed by atoms with van der Waals surface area (Å²) in [6.07, 6.45) is 4.07. The van der Waals surface area contributed by atoms with Crippen LogP contribution in [0.15, 0.2) is 24.3 Å². The van der Waals surface area contributed by atoms with E-state index >= 15 is 0 Å². The van der Waals surface area contributed by atoms with Crippen LogP contribution in [0, 0.1) is 17.8 Å². The summed E-state index contributed by atoms with van der Waals surface area (Å²) in [5.41, 5.74) is 0. The van der Waals surface area contributed by atoms with Gasteiger partial charge < -0.3 is 10.1 Å². The monoisotopic (exact) mass is 309 g/mol. The van der Waals surface area contributed by atoms with Gasteiger partial charge in [0.05, 0.1) is 0 Å². The maximum atomic E-state index is 6.12. The van der Waals surface area contributed by atoms with Gasteiger partial charge in [0, 0.05) is 11.1 Å². The van der Waals surface area contributed by atoms with E-state index < -0.39 is 0 Å². The third-order valence-electron chi connectivity index (χ3n) is 4.68.